The van der Waals surface area contributed by atoms with E-state index in [9.17, 15) is 13.5 Å². The molecule has 2 rings (SSSR count). The van der Waals surface area contributed by atoms with Crippen LogP contribution in [0.4, 0.5) is 5.69 Å². The number of anilines is 1. The van der Waals surface area contributed by atoms with Crippen molar-refractivity contribution in [1.29, 1.82) is 0 Å². The lowest BCUT2D eigenvalue weighted by molar-refractivity contribution is 0.267. The van der Waals surface area contributed by atoms with Crippen LogP contribution in [0.15, 0.2) is 41.6 Å². The average molecular weight is 296 g/mol. The van der Waals surface area contributed by atoms with Gasteiger partial charge in [0.25, 0.3) is 10.0 Å². The quantitative estimate of drug-likeness (QED) is 0.756. The van der Waals surface area contributed by atoms with Crippen molar-refractivity contribution in [3.8, 4) is 5.75 Å². The number of aromatic amines is 1. The number of aliphatic hydroxyl groups is 1. The summed E-state index contributed by atoms with van der Waals surface area (Å²) in [5.74, 6) is 0.541. The lowest BCUT2D eigenvalue weighted by Crippen LogP contribution is -2.12. The number of aliphatic hydroxyl groups excluding tert-OH is 1. The van der Waals surface area contributed by atoms with Gasteiger partial charge in [0.2, 0.25) is 0 Å². The number of rotatable bonds is 6. The molecule has 0 amide bonds. The molecule has 1 aromatic carbocycles. The first-order valence-electron chi connectivity index (χ1n) is 6.09. The van der Waals surface area contributed by atoms with Gasteiger partial charge >= 0.3 is 0 Å². The molecule has 0 bridgehead atoms. The van der Waals surface area contributed by atoms with Crippen LogP contribution < -0.4 is 9.46 Å². The maximum Gasteiger partial charge on any atom is 0.263 e. The molecule has 7 heteroatoms. The van der Waals surface area contributed by atoms with Crippen LogP contribution >= 0.6 is 0 Å². The fraction of sp³-hybridized carbons (Fsp3) is 0.231. The fourth-order valence-corrected chi connectivity index (χ4v) is 2.78. The highest BCUT2D eigenvalue weighted by molar-refractivity contribution is 7.92. The number of benzene rings is 1. The third-order valence-corrected chi connectivity index (χ3v) is 4.04. The van der Waals surface area contributed by atoms with Crippen molar-refractivity contribution in [2.24, 2.45) is 0 Å². The van der Waals surface area contributed by atoms with E-state index in [0.29, 0.717) is 23.6 Å². The van der Waals surface area contributed by atoms with Gasteiger partial charge in [-0.3, -0.25) is 4.72 Å². The van der Waals surface area contributed by atoms with Gasteiger partial charge in [-0.15, -0.1) is 0 Å². The summed E-state index contributed by atoms with van der Waals surface area (Å²) in [6.45, 7) is 2.08. The third kappa shape index (κ3) is 3.12. The molecule has 0 saturated heterocycles. The lowest BCUT2D eigenvalue weighted by Gasteiger charge is -2.11. The van der Waals surface area contributed by atoms with Gasteiger partial charge in [0.1, 0.15) is 10.6 Å². The summed E-state index contributed by atoms with van der Waals surface area (Å²) in [4.78, 5) is 2.84. The van der Waals surface area contributed by atoms with Crippen LogP contribution in [0, 0.1) is 0 Å². The Hall–Kier alpha value is -1.99. The third-order valence-electron chi connectivity index (χ3n) is 2.66. The van der Waals surface area contributed by atoms with Crippen LogP contribution in [-0.4, -0.2) is 25.1 Å². The summed E-state index contributed by atoms with van der Waals surface area (Å²) in [6.07, 6.45) is 2.93. The van der Waals surface area contributed by atoms with Gasteiger partial charge in [0, 0.05) is 23.6 Å². The molecule has 0 aliphatic carbocycles. The predicted molar refractivity (Wildman–Crippen MR) is 75.1 cm³/mol. The summed E-state index contributed by atoms with van der Waals surface area (Å²) < 4.78 is 31.9. The highest BCUT2D eigenvalue weighted by Crippen LogP contribution is 2.24. The van der Waals surface area contributed by atoms with Crippen molar-refractivity contribution in [1.82, 2.24) is 4.98 Å². The molecule has 0 atom stereocenters. The second-order valence-corrected chi connectivity index (χ2v) is 5.75. The molecule has 0 saturated carbocycles. The van der Waals surface area contributed by atoms with Gasteiger partial charge in [-0.05, 0) is 31.2 Å². The molecule has 0 radical (unpaired) electrons. The van der Waals surface area contributed by atoms with Gasteiger partial charge in [-0.1, -0.05) is 0 Å². The molecule has 1 heterocycles. The average Bonchev–Trinajstić information content (AvgIpc) is 2.95. The summed E-state index contributed by atoms with van der Waals surface area (Å²) in [5.41, 5.74) is 0.903. The minimum atomic E-state index is -3.62. The van der Waals surface area contributed by atoms with Crippen LogP contribution in [0.1, 0.15) is 12.5 Å². The molecule has 1 aromatic heterocycles. The van der Waals surface area contributed by atoms with Crippen LogP contribution in [0.25, 0.3) is 0 Å². The summed E-state index contributed by atoms with van der Waals surface area (Å²) >= 11 is 0. The van der Waals surface area contributed by atoms with E-state index in [1.165, 1.54) is 18.5 Å². The van der Waals surface area contributed by atoms with Crippen LogP contribution in [0.3, 0.4) is 0 Å². The minimum Gasteiger partial charge on any atom is -0.494 e. The smallest absolute Gasteiger partial charge is 0.263 e. The summed E-state index contributed by atoms with van der Waals surface area (Å²) in [6, 6.07) is 6.23. The molecular formula is C13H16N2O4S. The Bertz CT molecular complexity index is 666. The van der Waals surface area contributed by atoms with Gasteiger partial charge < -0.3 is 14.8 Å². The first-order valence-corrected chi connectivity index (χ1v) is 7.57. The van der Waals surface area contributed by atoms with E-state index in [-0.39, 0.29) is 11.5 Å². The zero-order valence-electron chi connectivity index (χ0n) is 11.0. The molecule has 20 heavy (non-hydrogen) atoms. The van der Waals surface area contributed by atoms with Crippen LogP contribution in [0.2, 0.25) is 0 Å². The van der Waals surface area contributed by atoms with E-state index in [2.05, 4.69) is 9.71 Å². The number of sulfonamides is 1. The minimum absolute atomic E-state index is 0.150. The SMILES string of the molecule is CCOc1ccc(NS(=O)(=O)c2cc[nH]c2)cc1CO. The number of H-pyrrole nitrogens is 1. The van der Waals surface area contributed by atoms with Crippen LogP contribution in [-0.2, 0) is 16.6 Å². The van der Waals surface area contributed by atoms with Crippen molar-refractivity contribution < 1.29 is 18.3 Å². The molecule has 0 unspecified atom stereocenters. The van der Waals surface area contributed by atoms with Crippen molar-refractivity contribution in [2.75, 3.05) is 11.3 Å². The standard InChI is InChI=1S/C13H16N2O4S/c1-2-19-13-4-3-11(7-10(13)9-16)15-20(17,18)12-5-6-14-8-12/h3-8,14-16H,2,9H2,1H3. The van der Waals surface area contributed by atoms with Crippen molar-refractivity contribution in [2.45, 2.75) is 18.4 Å². The van der Waals surface area contributed by atoms with E-state index in [1.807, 2.05) is 6.92 Å². The van der Waals surface area contributed by atoms with Crippen molar-refractivity contribution in [3.63, 3.8) is 0 Å². The highest BCUT2D eigenvalue weighted by Gasteiger charge is 2.15. The van der Waals surface area contributed by atoms with Gasteiger partial charge in [-0.25, -0.2) is 8.42 Å². The number of aromatic nitrogens is 1. The first kappa shape index (κ1) is 14.4. The van der Waals surface area contributed by atoms with Crippen LogP contribution in [0.5, 0.6) is 5.75 Å². The molecule has 108 valence electrons. The zero-order chi connectivity index (χ0) is 14.6. The maximum absolute atomic E-state index is 12.0. The van der Waals surface area contributed by atoms with E-state index >= 15 is 0 Å². The largest absolute Gasteiger partial charge is 0.494 e. The topological polar surface area (TPSA) is 91.4 Å². The van der Waals surface area contributed by atoms with Gasteiger partial charge in [0.05, 0.1) is 13.2 Å². The van der Waals surface area contributed by atoms with Crippen molar-refractivity contribution >= 4 is 15.7 Å². The Balaban J connectivity index is 2.26. The fourth-order valence-electron chi connectivity index (χ4n) is 1.75. The van der Waals surface area contributed by atoms with E-state index in [4.69, 9.17) is 4.74 Å². The second kappa shape index (κ2) is 5.98. The molecule has 2 aromatic rings. The molecular weight excluding hydrogens is 280 g/mol. The zero-order valence-corrected chi connectivity index (χ0v) is 11.8. The Morgan fingerprint density at radius 3 is 2.75 bits per heavy atom. The second-order valence-electron chi connectivity index (χ2n) is 4.07. The summed E-state index contributed by atoms with van der Waals surface area (Å²) in [5, 5.41) is 9.29. The monoisotopic (exact) mass is 296 g/mol. The highest BCUT2D eigenvalue weighted by atomic mass is 32.2. The molecule has 0 aliphatic rings. The Morgan fingerprint density at radius 2 is 2.15 bits per heavy atom. The van der Waals surface area contributed by atoms with Gasteiger partial charge in [-0.2, -0.15) is 0 Å². The first-order chi connectivity index (χ1) is 9.56. The number of nitrogens with one attached hydrogen (secondary N) is 2. The van der Waals surface area contributed by atoms with E-state index in [1.54, 1.807) is 18.2 Å². The molecule has 6 nitrogen and oxygen atoms in total. The molecule has 3 N–H and O–H groups in total. The Labute approximate surface area is 117 Å². The Morgan fingerprint density at radius 1 is 1.35 bits per heavy atom. The molecule has 0 aliphatic heterocycles. The molecule has 0 spiro atoms. The number of ether oxygens (including phenoxy) is 1. The van der Waals surface area contributed by atoms with E-state index < -0.39 is 10.0 Å². The number of hydrogen-bond acceptors (Lipinski definition) is 4. The lowest BCUT2D eigenvalue weighted by atomic mass is 10.2. The maximum atomic E-state index is 12.0. The van der Waals surface area contributed by atoms with E-state index in [0.717, 1.165) is 0 Å². The number of hydrogen-bond donors (Lipinski definition) is 3. The summed E-state index contributed by atoms with van der Waals surface area (Å²) in [7, 11) is -3.62. The predicted octanol–water partition coefficient (Wildman–Crippen LogP) is 1.71. The van der Waals surface area contributed by atoms with Gasteiger partial charge in [0.15, 0.2) is 0 Å². The van der Waals surface area contributed by atoms with Crippen molar-refractivity contribution in [3.05, 3.63) is 42.2 Å². The molecule has 0 fully saturated rings. The Kier molecular flexibility index (Phi) is 4.31. The normalized spacial score (nSPS) is 11.3.